The van der Waals surface area contributed by atoms with E-state index in [4.69, 9.17) is 0 Å². The van der Waals surface area contributed by atoms with Gasteiger partial charge in [0.25, 0.3) is 0 Å². The highest BCUT2D eigenvalue weighted by Crippen LogP contribution is 2.50. The Balaban J connectivity index is 1.87. The van der Waals surface area contributed by atoms with Crippen LogP contribution < -0.4 is 0 Å². The minimum Gasteiger partial charge on any atom is -0.0616 e. The Labute approximate surface area is 140 Å². The molecule has 5 aromatic rings. The van der Waals surface area contributed by atoms with E-state index in [0.29, 0.717) is 0 Å². The maximum Gasteiger partial charge on any atom is -0.00199 e. The molecule has 5 aromatic carbocycles. The van der Waals surface area contributed by atoms with E-state index in [2.05, 4.69) is 84.9 Å². The lowest BCUT2D eigenvalue weighted by atomic mass is 9.96. The SMILES string of the molecule is c1ccc2cc3c(cc2c1)-c1cccc2c1c-3cc1ccccc12. The average molecular weight is 302 g/mol. The molecule has 0 aliphatic heterocycles. The normalized spacial score (nSPS) is 12.2. The van der Waals surface area contributed by atoms with Gasteiger partial charge in [-0.3, -0.25) is 0 Å². The molecule has 0 unspecified atom stereocenters. The van der Waals surface area contributed by atoms with Crippen molar-refractivity contribution in [3.05, 3.63) is 84.9 Å². The summed E-state index contributed by atoms with van der Waals surface area (Å²) in [6.07, 6.45) is 0. The molecule has 0 fully saturated rings. The zero-order chi connectivity index (χ0) is 15.7. The van der Waals surface area contributed by atoms with Crippen LogP contribution in [0.5, 0.6) is 0 Å². The van der Waals surface area contributed by atoms with E-state index < -0.39 is 0 Å². The second-order valence-corrected chi connectivity index (χ2v) is 6.62. The summed E-state index contributed by atoms with van der Waals surface area (Å²) >= 11 is 0. The van der Waals surface area contributed by atoms with Gasteiger partial charge < -0.3 is 0 Å². The maximum absolute atomic E-state index is 2.36. The Bertz CT molecular complexity index is 1290. The fraction of sp³-hybridized carbons (Fsp3) is 0. The van der Waals surface area contributed by atoms with Gasteiger partial charge in [-0.05, 0) is 72.8 Å². The number of rotatable bonds is 0. The summed E-state index contributed by atoms with van der Waals surface area (Å²) in [6, 6.07) is 31.1. The van der Waals surface area contributed by atoms with E-state index in [-0.39, 0.29) is 0 Å². The summed E-state index contributed by atoms with van der Waals surface area (Å²) in [4.78, 5) is 0. The Morgan fingerprint density at radius 1 is 0.375 bits per heavy atom. The second kappa shape index (κ2) is 4.24. The van der Waals surface area contributed by atoms with Gasteiger partial charge in [-0.1, -0.05) is 66.7 Å². The molecule has 0 bridgehead atoms. The van der Waals surface area contributed by atoms with Crippen LogP contribution in [0.25, 0.3) is 54.6 Å². The van der Waals surface area contributed by atoms with Crippen LogP contribution in [0, 0.1) is 0 Å². The molecule has 6 rings (SSSR count). The monoisotopic (exact) mass is 302 g/mol. The summed E-state index contributed by atoms with van der Waals surface area (Å²) < 4.78 is 0. The molecule has 0 atom stereocenters. The van der Waals surface area contributed by atoms with Crippen molar-refractivity contribution in [1.29, 1.82) is 0 Å². The number of benzene rings is 5. The molecule has 0 N–H and O–H groups in total. The van der Waals surface area contributed by atoms with E-state index in [1.54, 1.807) is 0 Å². The van der Waals surface area contributed by atoms with Crippen LogP contribution in [0.2, 0.25) is 0 Å². The van der Waals surface area contributed by atoms with Crippen molar-refractivity contribution < 1.29 is 0 Å². The van der Waals surface area contributed by atoms with Gasteiger partial charge in [-0.25, -0.2) is 0 Å². The van der Waals surface area contributed by atoms with Crippen LogP contribution in [0.3, 0.4) is 0 Å². The third-order valence-electron chi connectivity index (χ3n) is 5.35. The summed E-state index contributed by atoms with van der Waals surface area (Å²) in [5.41, 5.74) is 5.48. The standard InChI is InChI=1S/C24H14/c1-2-7-16-13-22-21(12-15(16)6-1)20-11-5-10-19-18-9-4-3-8-17(18)14-23(22)24(19)20/h1-14H. The lowest BCUT2D eigenvalue weighted by Crippen LogP contribution is -1.80. The minimum atomic E-state index is 1.31. The lowest BCUT2D eigenvalue weighted by molar-refractivity contribution is 1.73. The molecule has 0 saturated heterocycles. The smallest absolute Gasteiger partial charge is 0.00199 e. The first kappa shape index (κ1) is 12.3. The first-order chi connectivity index (χ1) is 11.9. The van der Waals surface area contributed by atoms with Gasteiger partial charge in [0.2, 0.25) is 0 Å². The van der Waals surface area contributed by atoms with Crippen LogP contribution >= 0.6 is 0 Å². The number of hydrogen-bond donors (Lipinski definition) is 0. The van der Waals surface area contributed by atoms with Crippen LogP contribution in [0.1, 0.15) is 0 Å². The first-order valence-electron chi connectivity index (χ1n) is 8.38. The van der Waals surface area contributed by atoms with Crippen molar-refractivity contribution in [2.24, 2.45) is 0 Å². The van der Waals surface area contributed by atoms with E-state index in [0.717, 1.165) is 0 Å². The van der Waals surface area contributed by atoms with Gasteiger partial charge >= 0.3 is 0 Å². The van der Waals surface area contributed by atoms with Crippen molar-refractivity contribution in [2.45, 2.75) is 0 Å². The number of hydrogen-bond acceptors (Lipinski definition) is 0. The molecule has 0 heteroatoms. The summed E-state index contributed by atoms with van der Waals surface area (Å²) in [5.74, 6) is 0. The van der Waals surface area contributed by atoms with Gasteiger partial charge in [0.05, 0.1) is 0 Å². The van der Waals surface area contributed by atoms with Crippen molar-refractivity contribution in [2.75, 3.05) is 0 Å². The zero-order valence-electron chi connectivity index (χ0n) is 13.1. The molecule has 0 saturated carbocycles. The zero-order valence-corrected chi connectivity index (χ0v) is 13.1. The molecular formula is C24H14. The topological polar surface area (TPSA) is 0 Å². The van der Waals surface area contributed by atoms with E-state index >= 15 is 0 Å². The Morgan fingerprint density at radius 3 is 1.75 bits per heavy atom. The summed E-state index contributed by atoms with van der Waals surface area (Å²) in [7, 11) is 0. The van der Waals surface area contributed by atoms with Gasteiger partial charge in [0.15, 0.2) is 0 Å². The molecule has 0 heterocycles. The molecule has 24 heavy (non-hydrogen) atoms. The van der Waals surface area contributed by atoms with Crippen molar-refractivity contribution in [1.82, 2.24) is 0 Å². The third-order valence-corrected chi connectivity index (χ3v) is 5.35. The van der Waals surface area contributed by atoms with Gasteiger partial charge in [0, 0.05) is 0 Å². The molecule has 1 aliphatic carbocycles. The largest absolute Gasteiger partial charge is 0.0616 e. The van der Waals surface area contributed by atoms with E-state index in [1.165, 1.54) is 54.6 Å². The fourth-order valence-electron chi connectivity index (χ4n) is 4.29. The van der Waals surface area contributed by atoms with Crippen LogP contribution in [-0.4, -0.2) is 0 Å². The van der Waals surface area contributed by atoms with Crippen molar-refractivity contribution in [3.63, 3.8) is 0 Å². The van der Waals surface area contributed by atoms with E-state index in [9.17, 15) is 0 Å². The first-order valence-corrected chi connectivity index (χ1v) is 8.38. The Morgan fingerprint density at radius 2 is 0.958 bits per heavy atom. The van der Waals surface area contributed by atoms with E-state index in [1.807, 2.05) is 0 Å². The maximum atomic E-state index is 2.36. The van der Waals surface area contributed by atoms with Crippen molar-refractivity contribution in [3.8, 4) is 22.3 Å². The quantitative estimate of drug-likeness (QED) is 0.271. The highest BCUT2D eigenvalue weighted by Gasteiger charge is 2.22. The molecule has 0 aromatic heterocycles. The van der Waals surface area contributed by atoms with Crippen LogP contribution in [-0.2, 0) is 0 Å². The average Bonchev–Trinajstić information content (AvgIpc) is 2.95. The van der Waals surface area contributed by atoms with Crippen molar-refractivity contribution >= 4 is 32.3 Å². The number of fused-ring (bicyclic) bond motifs is 6. The molecule has 1 aliphatic rings. The molecule has 0 nitrogen and oxygen atoms in total. The lowest BCUT2D eigenvalue weighted by Gasteiger charge is -2.07. The fourth-order valence-corrected chi connectivity index (χ4v) is 4.29. The predicted octanol–water partition coefficient (Wildman–Crippen LogP) is 6.79. The highest BCUT2D eigenvalue weighted by atomic mass is 14.3. The molecule has 110 valence electrons. The van der Waals surface area contributed by atoms with Gasteiger partial charge in [-0.2, -0.15) is 0 Å². The Hall–Kier alpha value is -3.12. The van der Waals surface area contributed by atoms with Crippen LogP contribution in [0.15, 0.2) is 84.9 Å². The van der Waals surface area contributed by atoms with Gasteiger partial charge in [0.1, 0.15) is 0 Å². The third kappa shape index (κ3) is 1.43. The second-order valence-electron chi connectivity index (χ2n) is 6.62. The van der Waals surface area contributed by atoms with Gasteiger partial charge in [-0.15, -0.1) is 0 Å². The summed E-state index contributed by atoms with van der Waals surface area (Å²) in [5, 5.41) is 8.05. The predicted molar refractivity (Wildman–Crippen MR) is 103 cm³/mol. The Kier molecular flexibility index (Phi) is 2.18. The summed E-state index contributed by atoms with van der Waals surface area (Å²) in [6.45, 7) is 0. The molecule has 0 amide bonds. The molecule has 0 radical (unpaired) electrons. The minimum absolute atomic E-state index is 1.31. The molecular weight excluding hydrogens is 288 g/mol. The highest BCUT2D eigenvalue weighted by molar-refractivity contribution is 6.24. The van der Waals surface area contributed by atoms with Crippen LogP contribution in [0.4, 0.5) is 0 Å². The molecule has 0 spiro atoms.